The van der Waals surface area contributed by atoms with Gasteiger partial charge in [0, 0.05) is 0 Å². The van der Waals surface area contributed by atoms with Crippen LogP contribution in [0.1, 0.15) is 0 Å². The second kappa shape index (κ2) is 6.76. The maximum Gasteiger partial charge on any atom is 1.00 e. The van der Waals surface area contributed by atoms with Crippen molar-refractivity contribution in [3.05, 3.63) is 24.4 Å². The minimum Gasteiger partial charge on any atom is -0.870 e. The molecule has 0 spiro atoms. The first-order valence-corrected chi connectivity index (χ1v) is 5.23. The summed E-state index contributed by atoms with van der Waals surface area (Å²) < 4.78 is 34.9. The molecule has 11 heteroatoms. The number of hydrogen-bond acceptors (Lipinski definition) is 7. The van der Waals surface area contributed by atoms with Gasteiger partial charge in [-0.3, -0.25) is 0 Å². The fraction of sp³-hybridized carbons (Fsp3) is 0.0909. The number of anilines is 2. The number of alkyl halides is 2. The fourth-order valence-electron chi connectivity index (χ4n) is 1.78. The number of benzene rings is 1. The summed E-state index contributed by atoms with van der Waals surface area (Å²) >= 11 is 0. The van der Waals surface area contributed by atoms with Gasteiger partial charge >= 0.3 is 25.2 Å². The Bertz CT molecular complexity index is 675. The number of rotatable bonds is 1. The summed E-state index contributed by atoms with van der Waals surface area (Å²) in [7, 11) is 0. The maximum atomic E-state index is 13.1. The van der Waals surface area contributed by atoms with Gasteiger partial charge in [-0.25, -0.2) is 9.97 Å². The molecule has 2 heterocycles. The number of halogens is 2. The standard InChI is InChI=1S/C11H8F2N4O2.Li.2H2O/c12-11(13)18-6-3-1-2-5(9(6)19-11)8-10(15)17-7(14)4-16-8;;;/h1-4H,(H4,14,15,17);;2*1H2/q;+1;;/p-1. The Labute approximate surface area is 135 Å². The zero-order valence-corrected chi connectivity index (χ0v) is 11.4. The van der Waals surface area contributed by atoms with E-state index in [-0.39, 0.29) is 64.2 Å². The average Bonchev–Trinajstić information content (AvgIpc) is 2.63. The number of para-hydroxylation sites is 1. The molecule has 2 aromatic rings. The van der Waals surface area contributed by atoms with E-state index in [1.807, 2.05) is 0 Å². The fourth-order valence-corrected chi connectivity index (χ4v) is 1.78. The van der Waals surface area contributed by atoms with E-state index in [0.717, 1.165) is 0 Å². The summed E-state index contributed by atoms with van der Waals surface area (Å²) in [4.78, 5) is 7.80. The quantitative estimate of drug-likeness (QED) is 0.557. The molecular formula is C11H11F2LiN4O4. The van der Waals surface area contributed by atoms with Gasteiger partial charge < -0.3 is 31.9 Å². The molecule has 0 saturated carbocycles. The van der Waals surface area contributed by atoms with Crippen molar-refractivity contribution in [1.29, 1.82) is 0 Å². The van der Waals surface area contributed by atoms with Crippen LogP contribution in [0.2, 0.25) is 0 Å². The predicted molar refractivity (Wildman–Crippen MR) is 68.0 cm³/mol. The topological polar surface area (TPSA) is 158 Å². The van der Waals surface area contributed by atoms with Crippen LogP contribution in [0.3, 0.4) is 0 Å². The largest absolute Gasteiger partial charge is 1.00 e. The predicted octanol–water partition coefficient (Wildman–Crippen LogP) is -2.37. The summed E-state index contributed by atoms with van der Waals surface area (Å²) in [5.74, 6) is -0.0534. The second-order valence-corrected chi connectivity index (χ2v) is 3.83. The van der Waals surface area contributed by atoms with Gasteiger partial charge in [0.15, 0.2) is 17.3 Å². The summed E-state index contributed by atoms with van der Waals surface area (Å²) in [5.41, 5.74) is 11.6. The van der Waals surface area contributed by atoms with Crippen LogP contribution >= 0.6 is 0 Å². The van der Waals surface area contributed by atoms with Gasteiger partial charge in [-0.05, 0) is 12.1 Å². The van der Waals surface area contributed by atoms with Crippen LogP contribution in [0, 0.1) is 0 Å². The molecule has 0 atom stereocenters. The third kappa shape index (κ3) is 3.37. The van der Waals surface area contributed by atoms with Crippen molar-refractivity contribution in [2.45, 2.75) is 6.29 Å². The summed E-state index contributed by atoms with van der Waals surface area (Å²) in [6.45, 7) is 0. The number of ether oxygens (including phenoxy) is 2. The van der Waals surface area contributed by atoms with Crippen molar-refractivity contribution in [3.63, 3.8) is 0 Å². The smallest absolute Gasteiger partial charge is 0.870 e. The number of nitrogens with two attached hydrogens (primary N) is 2. The minimum absolute atomic E-state index is 0. The molecular weight excluding hydrogens is 297 g/mol. The molecule has 1 aromatic carbocycles. The summed E-state index contributed by atoms with van der Waals surface area (Å²) in [6, 6.07) is 4.41. The monoisotopic (exact) mass is 308 g/mol. The third-order valence-electron chi connectivity index (χ3n) is 2.50. The molecule has 0 unspecified atom stereocenters. The first kappa shape index (κ1) is 19.9. The van der Waals surface area contributed by atoms with Gasteiger partial charge in [-0.15, -0.1) is 8.78 Å². The molecule has 7 N–H and O–H groups in total. The zero-order valence-electron chi connectivity index (χ0n) is 11.4. The average molecular weight is 308 g/mol. The van der Waals surface area contributed by atoms with Gasteiger partial charge in [-0.1, -0.05) is 6.07 Å². The Morgan fingerprint density at radius 2 is 1.82 bits per heavy atom. The molecule has 0 saturated heterocycles. The van der Waals surface area contributed by atoms with E-state index in [4.69, 9.17) is 11.5 Å². The summed E-state index contributed by atoms with van der Waals surface area (Å²) in [5, 5.41) is 0. The number of aromatic nitrogens is 2. The van der Waals surface area contributed by atoms with Crippen LogP contribution in [0.25, 0.3) is 11.3 Å². The van der Waals surface area contributed by atoms with Crippen LogP contribution in [-0.4, -0.2) is 27.2 Å². The molecule has 1 aliphatic rings. The van der Waals surface area contributed by atoms with Crippen LogP contribution in [-0.2, 0) is 0 Å². The Hall–Kier alpha value is -2.12. The molecule has 1 aromatic heterocycles. The van der Waals surface area contributed by atoms with Crippen LogP contribution in [0.5, 0.6) is 11.5 Å². The number of nitrogens with zero attached hydrogens (tertiary/aromatic N) is 2. The van der Waals surface area contributed by atoms with Crippen molar-refractivity contribution < 1.29 is 48.1 Å². The van der Waals surface area contributed by atoms with E-state index in [1.165, 1.54) is 24.4 Å². The van der Waals surface area contributed by atoms with Crippen molar-refractivity contribution in [3.8, 4) is 22.8 Å². The summed E-state index contributed by atoms with van der Waals surface area (Å²) in [6.07, 6.45) is -2.42. The van der Waals surface area contributed by atoms with E-state index >= 15 is 0 Å². The van der Waals surface area contributed by atoms with E-state index in [9.17, 15) is 8.78 Å². The molecule has 0 amide bonds. The molecule has 3 rings (SSSR count). The van der Waals surface area contributed by atoms with Crippen LogP contribution in [0.15, 0.2) is 24.4 Å². The molecule has 0 radical (unpaired) electrons. The normalized spacial score (nSPS) is 13.4. The Morgan fingerprint density at radius 3 is 2.45 bits per heavy atom. The van der Waals surface area contributed by atoms with Gasteiger partial charge in [0.05, 0.1) is 11.8 Å². The first-order chi connectivity index (χ1) is 8.96. The molecule has 114 valence electrons. The van der Waals surface area contributed by atoms with Gasteiger partial charge in [0.25, 0.3) is 0 Å². The molecule has 8 nitrogen and oxygen atoms in total. The van der Waals surface area contributed by atoms with Crippen LogP contribution in [0.4, 0.5) is 20.4 Å². The first-order valence-electron chi connectivity index (χ1n) is 5.23. The van der Waals surface area contributed by atoms with E-state index in [1.54, 1.807) is 0 Å². The Morgan fingerprint density at radius 1 is 1.14 bits per heavy atom. The van der Waals surface area contributed by atoms with Crippen molar-refractivity contribution in [2.24, 2.45) is 0 Å². The zero-order chi connectivity index (χ0) is 13.6. The third-order valence-corrected chi connectivity index (χ3v) is 2.50. The Balaban J connectivity index is 0.00000147. The molecule has 0 bridgehead atoms. The molecule has 0 fully saturated rings. The SMILES string of the molecule is Nc1cnc(-c2cccc3c2OC(F)(F)O3)c(N)n1.O.[Li+].[OH-]. The molecule has 1 aliphatic heterocycles. The van der Waals surface area contributed by atoms with Crippen molar-refractivity contribution in [2.75, 3.05) is 11.5 Å². The van der Waals surface area contributed by atoms with Gasteiger partial charge in [0.2, 0.25) is 0 Å². The van der Waals surface area contributed by atoms with Gasteiger partial charge in [-0.2, -0.15) is 0 Å². The number of nitrogen functional groups attached to an aromatic ring is 2. The van der Waals surface area contributed by atoms with Crippen molar-refractivity contribution in [1.82, 2.24) is 9.97 Å². The van der Waals surface area contributed by atoms with Gasteiger partial charge in [0.1, 0.15) is 11.5 Å². The minimum atomic E-state index is -3.70. The number of fused-ring (bicyclic) bond motifs is 1. The van der Waals surface area contributed by atoms with E-state index in [0.29, 0.717) is 0 Å². The number of hydrogen-bond donors (Lipinski definition) is 2. The molecule has 0 aliphatic carbocycles. The Kier molecular flexibility index (Phi) is 6.11. The maximum absolute atomic E-state index is 13.1. The second-order valence-electron chi connectivity index (χ2n) is 3.83. The van der Waals surface area contributed by atoms with Crippen molar-refractivity contribution >= 4 is 11.6 Å². The van der Waals surface area contributed by atoms with E-state index in [2.05, 4.69) is 19.4 Å². The molecule has 22 heavy (non-hydrogen) atoms. The van der Waals surface area contributed by atoms with E-state index < -0.39 is 6.29 Å². The van der Waals surface area contributed by atoms with Crippen LogP contribution < -0.4 is 39.8 Å².